The number of aryl methyl sites for hydroxylation is 1. The zero-order valence-corrected chi connectivity index (χ0v) is 13.0. The smallest absolute Gasteiger partial charge is 0.0766 e. The van der Waals surface area contributed by atoms with Crippen molar-refractivity contribution >= 4 is 27.3 Å². The summed E-state index contributed by atoms with van der Waals surface area (Å²) >= 11 is 3.56. The van der Waals surface area contributed by atoms with E-state index in [1.807, 2.05) is 32.6 Å². The van der Waals surface area contributed by atoms with Crippen LogP contribution in [0.4, 0.5) is 11.4 Å². The van der Waals surface area contributed by atoms with E-state index in [1.54, 1.807) is 0 Å². The predicted molar refractivity (Wildman–Crippen MR) is 84.8 cm³/mol. The molecular weight excluding hydrogens is 302 g/mol. The maximum absolute atomic E-state index is 4.17. The Morgan fingerprint density at radius 3 is 2.74 bits per heavy atom. The summed E-state index contributed by atoms with van der Waals surface area (Å²) in [5.74, 6) is 0. The highest BCUT2D eigenvalue weighted by Gasteiger charge is 2.04. The summed E-state index contributed by atoms with van der Waals surface area (Å²) < 4.78 is 1.14. The van der Waals surface area contributed by atoms with E-state index in [1.165, 1.54) is 11.1 Å². The molecule has 1 N–H and O–H groups in total. The summed E-state index contributed by atoms with van der Waals surface area (Å²) in [4.78, 5) is 6.25. The number of nitrogens with zero attached hydrogens (tertiary/aromatic N) is 2. The summed E-state index contributed by atoms with van der Waals surface area (Å²) in [6.45, 7) is 2.87. The Morgan fingerprint density at radius 2 is 2.05 bits per heavy atom. The highest BCUT2D eigenvalue weighted by Crippen LogP contribution is 2.23. The Bertz CT molecular complexity index is 567. The fourth-order valence-corrected chi connectivity index (χ4v) is 2.28. The summed E-state index contributed by atoms with van der Waals surface area (Å²) in [7, 11) is 4.06. The number of benzene rings is 1. The van der Waals surface area contributed by atoms with E-state index in [0.717, 1.165) is 22.4 Å². The molecule has 100 valence electrons. The standard InChI is InChI=1S/C15H18BrN3/c1-11-4-5-12(8-13(11)16)9-18-14-10-17-7-6-15(14)19(2)3/h4-8,10,18H,9H2,1-3H3. The van der Waals surface area contributed by atoms with Crippen LogP contribution in [0.2, 0.25) is 0 Å². The average Bonchev–Trinajstić information content (AvgIpc) is 2.40. The Hall–Kier alpha value is -1.55. The molecule has 0 amide bonds. The van der Waals surface area contributed by atoms with Gasteiger partial charge in [-0.2, -0.15) is 0 Å². The highest BCUT2D eigenvalue weighted by atomic mass is 79.9. The molecule has 0 atom stereocenters. The second-order valence-corrected chi connectivity index (χ2v) is 5.58. The molecular formula is C15H18BrN3. The topological polar surface area (TPSA) is 28.2 Å². The van der Waals surface area contributed by atoms with Crippen LogP contribution in [-0.4, -0.2) is 19.1 Å². The van der Waals surface area contributed by atoms with Crippen molar-refractivity contribution in [1.29, 1.82) is 0 Å². The minimum absolute atomic E-state index is 0.783. The Morgan fingerprint density at radius 1 is 1.26 bits per heavy atom. The summed E-state index contributed by atoms with van der Waals surface area (Å²) in [6, 6.07) is 8.41. The largest absolute Gasteiger partial charge is 0.378 e. The van der Waals surface area contributed by atoms with Gasteiger partial charge in [0.05, 0.1) is 17.6 Å². The number of hydrogen-bond acceptors (Lipinski definition) is 3. The van der Waals surface area contributed by atoms with Crippen molar-refractivity contribution in [1.82, 2.24) is 4.98 Å². The van der Waals surface area contributed by atoms with Gasteiger partial charge >= 0.3 is 0 Å². The van der Waals surface area contributed by atoms with Gasteiger partial charge in [-0.1, -0.05) is 28.1 Å². The summed E-state index contributed by atoms with van der Waals surface area (Å²) in [5.41, 5.74) is 4.68. The fraction of sp³-hybridized carbons (Fsp3) is 0.267. The number of rotatable bonds is 4. The molecule has 3 nitrogen and oxygen atoms in total. The molecule has 0 aliphatic heterocycles. The Labute approximate surface area is 122 Å². The third-order valence-electron chi connectivity index (χ3n) is 3.00. The van der Waals surface area contributed by atoms with E-state index in [-0.39, 0.29) is 0 Å². The average molecular weight is 320 g/mol. The second-order valence-electron chi connectivity index (χ2n) is 4.72. The lowest BCUT2D eigenvalue weighted by molar-refractivity contribution is 1.08. The van der Waals surface area contributed by atoms with Gasteiger partial charge in [0, 0.05) is 31.3 Å². The first kappa shape index (κ1) is 13.9. The van der Waals surface area contributed by atoms with Crippen LogP contribution in [0.25, 0.3) is 0 Å². The first-order chi connectivity index (χ1) is 9.08. The maximum Gasteiger partial charge on any atom is 0.0766 e. The molecule has 0 radical (unpaired) electrons. The van der Waals surface area contributed by atoms with E-state index >= 15 is 0 Å². The first-order valence-corrected chi connectivity index (χ1v) is 6.97. The molecule has 1 heterocycles. The molecule has 0 unspecified atom stereocenters. The highest BCUT2D eigenvalue weighted by molar-refractivity contribution is 9.10. The molecule has 0 saturated carbocycles. The van der Waals surface area contributed by atoms with Crippen molar-refractivity contribution < 1.29 is 0 Å². The van der Waals surface area contributed by atoms with Crippen molar-refractivity contribution in [2.45, 2.75) is 13.5 Å². The van der Waals surface area contributed by atoms with Crippen molar-refractivity contribution in [3.63, 3.8) is 0 Å². The molecule has 1 aromatic heterocycles. The van der Waals surface area contributed by atoms with Gasteiger partial charge in [-0.3, -0.25) is 4.98 Å². The van der Waals surface area contributed by atoms with E-state index in [9.17, 15) is 0 Å². The molecule has 0 aliphatic rings. The second kappa shape index (κ2) is 6.06. The van der Waals surface area contributed by atoms with Crippen LogP contribution >= 0.6 is 15.9 Å². The SMILES string of the molecule is Cc1ccc(CNc2cnccc2N(C)C)cc1Br. The Balaban J connectivity index is 2.12. The lowest BCUT2D eigenvalue weighted by atomic mass is 10.1. The normalized spacial score (nSPS) is 10.3. The molecule has 0 saturated heterocycles. The quantitative estimate of drug-likeness (QED) is 0.928. The number of anilines is 2. The molecule has 19 heavy (non-hydrogen) atoms. The lowest BCUT2D eigenvalue weighted by Crippen LogP contribution is -2.12. The molecule has 1 aromatic carbocycles. The van der Waals surface area contributed by atoms with Crippen LogP contribution in [0.3, 0.4) is 0 Å². The van der Waals surface area contributed by atoms with Gasteiger partial charge in [-0.15, -0.1) is 0 Å². The van der Waals surface area contributed by atoms with Crippen LogP contribution in [-0.2, 0) is 6.54 Å². The number of halogens is 1. The maximum atomic E-state index is 4.17. The zero-order valence-electron chi connectivity index (χ0n) is 11.4. The number of aromatic nitrogens is 1. The third-order valence-corrected chi connectivity index (χ3v) is 3.85. The van der Waals surface area contributed by atoms with Crippen LogP contribution in [0.1, 0.15) is 11.1 Å². The summed E-state index contributed by atoms with van der Waals surface area (Å²) in [6.07, 6.45) is 3.67. The van der Waals surface area contributed by atoms with Crippen molar-refractivity contribution in [2.24, 2.45) is 0 Å². The van der Waals surface area contributed by atoms with Gasteiger partial charge in [0.25, 0.3) is 0 Å². The van der Waals surface area contributed by atoms with Gasteiger partial charge in [0.2, 0.25) is 0 Å². The van der Waals surface area contributed by atoms with Gasteiger partial charge in [-0.25, -0.2) is 0 Å². The fourth-order valence-electron chi connectivity index (χ4n) is 1.86. The van der Waals surface area contributed by atoms with Crippen LogP contribution < -0.4 is 10.2 Å². The number of nitrogens with one attached hydrogen (secondary N) is 1. The third kappa shape index (κ3) is 3.47. The Kier molecular flexibility index (Phi) is 4.43. The molecule has 2 rings (SSSR count). The van der Waals surface area contributed by atoms with Gasteiger partial charge < -0.3 is 10.2 Å². The van der Waals surface area contributed by atoms with Crippen molar-refractivity contribution in [3.05, 3.63) is 52.3 Å². The molecule has 0 fully saturated rings. The number of pyridine rings is 1. The van der Waals surface area contributed by atoms with Crippen LogP contribution in [0.5, 0.6) is 0 Å². The van der Waals surface area contributed by atoms with Gasteiger partial charge in [0.15, 0.2) is 0 Å². The van der Waals surface area contributed by atoms with Gasteiger partial charge in [-0.05, 0) is 30.2 Å². The first-order valence-electron chi connectivity index (χ1n) is 6.18. The van der Waals surface area contributed by atoms with E-state index in [4.69, 9.17) is 0 Å². The minimum Gasteiger partial charge on any atom is -0.378 e. The van der Waals surface area contributed by atoms with Crippen molar-refractivity contribution in [2.75, 3.05) is 24.3 Å². The zero-order chi connectivity index (χ0) is 13.8. The van der Waals surface area contributed by atoms with E-state index in [0.29, 0.717) is 0 Å². The van der Waals surface area contributed by atoms with E-state index < -0.39 is 0 Å². The van der Waals surface area contributed by atoms with E-state index in [2.05, 4.69) is 56.3 Å². The minimum atomic E-state index is 0.783. The predicted octanol–water partition coefficient (Wildman–Crippen LogP) is 3.83. The van der Waals surface area contributed by atoms with Crippen molar-refractivity contribution in [3.8, 4) is 0 Å². The lowest BCUT2D eigenvalue weighted by Gasteiger charge is -2.18. The molecule has 0 bridgehead atoms. The molecule has 0 aliphatic carbocycles. The summed E-state index contributed by atoms with van der Waals surface area (Å²) in [5, 5.41) is 3.43. The molecule has 2 aromatic rings. The molecule has 0 spiro atoms. The van der Waals surface area contributed by atoms with Crippen LogP contribution in [0.15, 0.2) is 41.1 Å². The van der Waals surface area contributed by atoms with Gasteiger partial charge in [0.1, 0.15) is 0 Å². The molecule has 4 heteroatoms. The number of hydrogen-bond donors (Lipinski definition) is 1. The van der Waals surface area contributed by atoms with Crippen LogP contribution in [0, 0.1) is 6.92 Å². The monoisotopic (exact) mass is 319 g/mol.